The lowest BCUT2D eigenvalue weighted by Gasteiger charge is -2.12. The lowest BCUT2D eigenvalue weighted by atomic mass is 10.1. The second-order valence-electron chi connectivity index (χ2n) is 4.09. The van der Waals surface area contributed by atoms with E-state index >= 15 is 0 Å². The van der Waals surface area contributed by atoms with Crippen molar-refractivity contribution in [3.63, 3.8) is 0 Å². The lowest BCUT2D eigenvalue weighted by Crippen LogP contribution is -2.24. The monoisotopic (exact) mass is 225 g/mol. The van der Waals surface area contributed by atoms with Crippen LogP contribution in [0.2, 0.25) is 0 Å². The topological polar surface area (TPSA) is 82.5 Å². The van der Waals surface area contributed by atoms with Crippen molar-refractivity contribution >= 4 is 0 Å². The summed E-state index contributed by atoms with van der Waals surface area (Å²) in [6.07, 6.45) is 0.589. The van der Waals surface area contributed by atoms with E-state index < -0.39 is 12.2 Å². The second-order valence-corrected chi connectivity index (χ2v) is 4.09. The molecule has 1 aromatic heterocycles. The predicted molar refractivity (Wildman–Crippen MR) is 57.1 cm³/mol. The van der Waals surface area contributed by atoms with Crippen LogP contribution in [0.3, 0.4) is 0 Å². The van der Waals surface area contributed by atoms with Gasteiger partial charge in [0.05, 0.1) is 18.8 Å². The van der Waals surface area contributed by atoms with Gasteiger partial charge in [-0.1, -0.05) is 0 Å². The van der Waals surface area contributed by atoms with Gasteiger partial charge in [-0.25, -0.2) is 0 Å². The summed E-state index contributed by atoms with van der Waals surface area (Å²) >= 11 is 0. The van der Waals surface area contributed by atoms with Gasteiger partial charge >= 0.3 is 0 Å². The highest BCUT2D eigenvalue weighted by Crippen LogP contribution is 2.32. The first-order valence-electron chi connectivity index (χ1n) is 5.25. The largest absolute Gasteiger partial charge is 0.394 e. The molecule has 0 aliphatic carbocycles. The summed E-state index contributed by atoms with van der Waals surface area (Å²) in [5, 5.41) is 18.5. The number of rotatable bonds is 2. The molecule has 0 aromatic carbocycles. The molecule has 2 rings (SSSR count). The highest BCUT2D eigenvalue weighted by molar-refractivity contribution is 5.20. The Morgan fingerprint density at radius 1 is 1.62 bits per heavy atom. The van der Waals surface area contributed by atoms with Gasteiger partial charge in [0.15, 0.2) is 0 Å². The summed E-state index contributed by atoms with van der Waals surface area (Å²) in [6.45, 7) is 1.53. The van der Waals surface area contributed by atoms with E-state index in [0.29, 0.717) is 12.0 Å². The van der Waals surface area contributed by atoms with Crippen LogP contribution in [0, 0.1) is 6.92 Å². The Labute approximate surface area is 92.7 Å². The number of H-pyrrole nitrogens is 1. The molecule has 88 valence electrons. The maximum Gasteiger partial charge on any atom is 0.250 e. The standard InChI is InChI=1S/C11H15NO4/c1-6-2-7(4-12-11(6)15)9-3-8(14)10(5-13)16-9/h2,4,8-10,13-14H,3,5H2,1H3,(H,12,15)/t8-,9-,10-/m1/s1. The van der Waals surface area contributed by atoms with E-state index in [9.17, 15) is 9.90 Å². The fraction of sp³-hybridized carbons (Fsp3) is 0.545. The van der Waals surface area contributed by atoms with E-state index in [1.165, 1.54) is 0 Å². The summed E-state index contributed by atoms with van der Waals surface area (Å²) in [5.41, 5.74) is 1.32. The van der Waals surface area contributed by atoms with Gasteiger partial charge in [-0.2, -0.15) is 0 Å². The van der Waals surface area contributed by atoms with E-state index in [-0.39, 0.29) is 18.3 Å². The summed E-state index contributed by atoms with van der Waals surface area (Å²) in [4.78, 5) is 13.8. The molecule has 1 aliphatic rings. The molecule has 0 spiro atoms. The second kappa shape index (κ2) is 4.37. The van der Waals surface area contributed by atoms with Gasteiger partial charge in [0.2, 0.25) is 0 Å². The van der Waals surface area contributed by atoms with Crippen LogP contribution in [0.25, 0.3) is 0 Å². The lowest BCUT2D eigenvalue weighted by molar-refractivity contribution is -0.0226. The third kappa shape index (κ3) is 2.02. The van der Waals surface area contributed by atoms with Crippen LogP contribution >= 0.6 is 0 Å². The number of ether oxygens (including phenoxy) is 1. The Bertz CT molecular complexity index is 428. The van der Waals surface area contributed by atoms with Crippen molar-refractivity contribution in [3.05, 3.63) is 33.7 Å². The Morgan fingerprint density at radius 3 is 2.94 bits per heavy atom. The highest BCUT2D eigenvalue weighted by Gasteiger charge is 2.34. The first-order valence-corrected chi connectivity index (χ1v) is 5.25. The zero-order valence-electron chi connectivity index (χ0n) is 9.01. The Hall–Kier alpha value is -1.17. The van der Waals surface area contributed by atoms with Crippen molar-refractivity contribution in [1.29, 1.82) is 0 Å². The quantitative estimate of drug-likeness (QED) is 0.654. The summed E-state index contributed by atoms with van der Waals surface area (Å²) in [6, 6.07) is 1.75. The summed E-state index contributed by atoms with van der Waals surface area (Å²) in [7, 11) is 0. The van der Waals surface area contributed by atoms with E-state index in [1.807, 2.05) is 0 Å². The molecule has 1 saturated heterocycles. The predicted octanol–water partition coefficient (Wildman–Crippen LogP) is -0.133. The zero-order chi connectivity index (χ0) is 11.7. The molecule has 1 fully saturated rings. The van der Waals surface area contributed by atoms with Crippen molar-refractivity contribution in [2.24, 2.45) is 0 Å². The first kappa shape index (κ1) is 11.3. The van der Waals surface area contributed by atoms with Crippen molar-refractivity contribution < 1.29 is 14.9 Å². The molecule has 1 aromatic rings. The minimum Gasteiger partial charge on any atom is -0.394 e. The summed E-state index contributed by atoms with van der Waals surface area (Å²) in [5.74, 6) is 0. The molecule has 2 heterocycles. The van der Waals surface area contributed by atoms with Gasteiger partial charge in [-0.05, 0) is 18.6 Å². The summed E-state index contributed by atoms with van der Waals surface area (Å²) < 4.78 is 5.48. The normalized spacial score (nSPS) is 29.6. The number of pyridine rings is 1. The SMILES string of the molecule is Cc1cc([C@H]2C[C@@H](O)[C@@H](CO)O2)c[nH]c1=O. The molecule has 5 heteroatoms. The molecule has 3 N–H and O–H groups in total. The molecule has 5 nitrogen and oxygen atoms in total. The Morgan fingerprint density at radius 2 is 2.38 bits per heavy atom. The number of hydrogen-bond donors (Lipinski definition) is 3. The van der Waals surface area contributed by atoms with Crippen LogP contribution in [-0.4, -0.2) is 34.0 Å². The molecule has 0 radical (unpaired) electrons. The molecular weight excluding hydrogens is 210 g/mol. The van der Waals surface area contributed by atoms with Gasteiger partial charge in [-0.15, -0.1) is 0 Å². The maximum absolute atomic E-state index is 11.2. The number of aliphatic hydroxyl groups is 2. The first-order chi connectivity index (χ1) is 7.61. The van der Waals surface area contributed by atoms with Crippen molar-refractivity contribution in [2.45, 2.75) is 31.7 Å². The minimum absolute atomic E-state index is 0.124. The molecule has 0 unspecified atom stereocenters. The van der Waals surface area contributed by atoms with E-state index in [4.69, 9.17) is 9.84 Å². The molecule has 0 saturated carbocycles. The average Bonchev–Trinajstić information content (AvgIpc) is 2.64. The number of aliphatic hydroxyl groups excluding tert-OH is 2. The van der Waals surface area contributed by atoms with Crippen molar-refractivity contribution in [1.82, 2.24) is 4.98 Å². The minimum atomic E-state index is -0.651. The van der Waals surface area contributed by atoms with Crippen LogP contribution in [0.15, 0.2) is 17.1 Å². The molecule has 0 amide bonds. The van der Waals surface area contributed by atoms with Crippen LogP contribution in [0.4, 0.5) is 0 Å². The fourth-order valence-corrected chi connectivity index (χ4v) is 1.91. The van der Waals surface area contributed by atoms with E-state index in [2.05, 4.69) is 4.98 Å². The number of aryl methyl sites for hydroxylation is 1. The van der Waals surface area contributed by atoms with Crippen LogP contribution < -0.4 is 5.56 Å². The Balaban J connectivity index is 2.20. The van der Waals surface area contributed by atoms with Gasteiger partial charge in [-0.3, -0.25) is 4.79 Å². The third-order valence-corrected chi connectivity index (χ3v) is 2.89. The number of aromatic amines is 1. The van der Waals surface area contributed by atoms with Crippen LogP contribution in [0.5, 0.6) is 0 Å². The number of hydrogen-bond acceptors (Lipinski definition) is 4. The van der Waals surface area contributed by atoms with Gasteiger partial charge in [0.1, 0.15) is 6.10 Å². The molecule has 16 heavy (non-hydrogen) atoms. The Kier molecular flexibility index (Phi) is 3.09. The fourth-order valence-electron chi connectivity index (χ4n) is 1.91. The smallest absolute Gasteiger partial charge is 0.250 e. The van der Waals surface area contributed by atoms with Gasteiger partial charge in [0.25, 0.3) is 5.56 Å². The molecular formula is C11H15NO4. The molecule has 1 aliphatic heterocycles. The third-order valence-electron chi connectivity index (χ3n) is 2.89. The van der Waals surface area contributed by atoms with Crippen LogP contribution in [0.1, 0.15) is 23.7 Å². The van der Waals surface area contributed by atoms with Crippen LogP contribution in [-0.2, 0) is 4.74 Å². The average molecular weight is 225 g/mol. The highest BCUT2D eigenvalue weighted by atomic mass is 16.5. The van der Waals surface area contributed by atoms with Gasteiger partial charge < -0.3 is 19.9 Å². The number of nitrogens with one attached hydrogen (secondary N) is 1. The maximum atomic E-state index is 11.2. The number of aromatic nitrogens is 1. The van der Waals surface area contributed by atoms with Gasteiger partial charge in [0, 0.05) is 18.2 Å². The molecule has 3 atom stereocenters. The zero-order valence-corrected chi connectivity index (χ0v) is 9.01. The van der Waals surface area contributed by atoms with E-state index in [1.54, 1.807) is 19.2 Å². The van der Waals surface area contributed by atoms with Crippen molar-refractivity contribution in [2.75, 3.05) is 6.61 Å². The molecule has 0 bridgehead atoms. The van der Waals surface area contributed by atoms with E-state index in [0.717, 1.165) is 5.56 Å². The van der Waals surface area contributed by atoms with Crippen molar-refractivity contribution in [3.8, 4) is 0 Å².